The van der Waals surface area contributed by atoms with Gasteiger partial charge in [-0.1, -0.05) is 0 Å². The number of nitrogens with one attached hydrogen (secondary N) is 2. The van der Waals surface area contributed by atoms with Gasteiger partial charge in [-0.3, -0.25) is 9.69 Å². The molecule has 4 heterocycles. The Morgan fingerprint density at radius 3 is 2.79 bits per heavy atom. The van der Waals surface area contributed by atoms with Crippen molar-refractivity contribution in [1.29, 1.82) is 0 Å². The lowest BCUT2D eigenvalue weighted by molar-refractivity contribution is 0.0968. The van der Waals surface area contributed by atoms with E-state index in [1.54, 1.807) is 36.5 Å². The van der Waals surface area contributed by atoms with Crippen LogP contribution in [0.25, 0.3) is 10.2 Å². The molecular formula is C19H19N5O3S. The smallest absolute Gasteiger partial charge is 0.331 e. The predicted molar refractivity (Wildman–Crippen MR) is 109 cm³/mol. The van der Waals surface area contributed by atoms with Gasteiger partial charge in [0.2, 0.25) is 5.88 Å². The molecule has 28 heavy (non-hydrogen) atoms. The summed E-state index contributed by atoms with van der Waals surface area (Å²) < 4.78 is 5.64. The van der Waals surface area contributed by atoms with Crippen LogP contribution in [0.2, 0.25) is 0 Å². The number of amides is 3. The molecule has 8 nitrogen and oxygen atoms in total. The van der Waals surface area contributed by atoms with Crippen LogP contribution >= 0.6 is 11.3 Å². The zero-order valence-electron chi connectivity index (χ0n) is 15.9. The Hall–Kier alpha value is -3.20. The average molecular weight is 397 g/mol. The molecule has 0 spiro atoms. The van der Waals surface area contributed by atoms with Crippen molar-refractivity contribution in [2.75, 3.05) is 17.3 Å². The Kier molecular flexibility index (Phi) is 4.38. The molecule has 0 saturated carbocycles. The average Bonchev–Trinajstić information content (AvgIpc) is 3.02. The molecule has 0 aliphatic carbocycles. The number of ether oxygens (including phenoxy) is 1. The number of hydrogen-bond donors (Lipinski definition) is 2. The number of aryl methyl sites for hydroxylation is 1. The molecule has 3 aromatic heterocycles. The molecule has 0 unspecified atom stereocenters. The summed E-state index contributed by atoms with van der Waals surface area (Å²) in [5.41, 5.74) is 2.64. The van der Waals surface area contributed by atoms with Crippen molar-refractivity contribution in [3.8, 4) is 5.88 Å². The summed E-state index contributed by atoms with van der Waals surface area (Å²) in [6.45, 7) is 5.76. The zero-order valence-corrected chi connectivity index (χ0v) is 16.7. The van der Waals surface area contributed by atoms with Crippen molar-refractivity contribution in [3.63, 3.8) is 0 Å². The van der Waals surface area contributed by atoms with E-state index in [2.05, 4.69) is 20.6 Å². The normalized spacial score (nSPS) is 13.0. The fourth-order valence-electron chi connectivity index (χ4n) is 3.16. The van der Waals surface area contributed by atoms with Gasteiger partial charge in [-0.05, 0) is 32.4 Å². The Bertz CT molecular complexity index is 1110. The molecule has 4 rings (SSSR count). The highest BCUT2D eigenvalue weighted by molar-refractivity contribution is 7.21. The number of aromatic nitrogens is 2. The highest BCUT2D eigenvalue weighted by Gasteiger charge is 2.33. The van der Waals surface area contributed by atoms with Gasteiger partial charge in [-0.2, -0.15) is 0 Å². The lowest BCUT2D eigenvalue weighted by atomic mass is 10.1. The third-order valence-corrected chi connectivity index (χ3v) is 5.43. The van der Waals surface area contributed by atoms with Crippen LogP contribution in [0.4, 0.5) is 21.9 Å². The highest BCUT2D eigenvalue weighted by Crippen LogP contribution is 2.46. The molecule has 1 aliphatic heterocycles. The van der Waals surface area contributed by atoms with E-state index in [9.17, 15) is 9.59 Å². The monoisotopic (exact) mass is 397 g/mol. The van der Waals surface area contributed by atoms with Crippen molar-refractivity contribution in [1.82, 2.24) is 15.3 Å². The number of nitrogens with zero attached hydrogens (tertiary/aromatic N) is 3. The van der Waals surface area contributed by atoms with Gasteiger partial charge in [0, 0.05) is 19.3 Å². The van der Waals surface area contributed by atoms with E-state index in [-0.39, 0.29) is 18.0 Å². The number of urea groups is 1. The second-order valence-corrected chi connectivity index (χ2v) is 7.64. The first-order chi connectivity index (χ1) is 13.4. The van der Waals surface area contributed by atoms with E-state index in [0.29, 0.717) is 32.6 Å². The largest absolute Gasteiger partial charge is 0.475 e. The van der Waals surface area contributed by atoms with Gasteiger partial charge in [0.15, 0.2) is 0 Å². The van der Waals surface area contributed by atoms with Crippen molar-refractivity contribution in [2.24, 2.45) is 0 Å². The van der Waals surface area contributed by atoms with Crippen molar-refractivity contribution in [3.05, 3.63) is 35.0 Å². The van der Waals surface area contributed by atoms with E-state index in [1.807, 2.05) is 20.8 Å². The van der Waals surface area contributed by atoms with Crippen molar-refractivity contribution < 1.29 is 14.3 Å². The molecule has 1 aliphatic rings. The summed E-state index contributed by atoms with van der Waals surface area (Å²) in [7, 11) is 1.56. The van der Waals surface area contributed by atoms with Gasteiger partial charge in [0.25, 0.3) is 5.91 Å². The molecule has 0 saturated heterocycles. The van der Waals surface area contributed by atoms with Gasteiger partial charge >= 0.3 is 6.03 Å². The topological polar surface area (TPSA) is 96.5 Å². The second-order valence-electron chi connectivity index (χ2n) is 6.64. The van der Waals surface area contributed by atoms with Crippen LogP contribution in [-0.4, -0.2) is 35.1 Å². The Morgan fingerprint density at radius 2 is 2.11 bits per heavy atom. The standard InChI is InChI=1S/C19H19N5O3S/c1-9(2)27-13-7-10(3)12(8-22-13)24-11-5-6-21-18-14(11)15(23-19(24)26)16(28-18)17(25)20-4/h5-9H,1-4H3,(H,20,25)(H,23,26). The third kappa shape index (κ3) is 2.84. The maximum absolute atomic E-state index is 13.0. The number of thiophene rings is 1. The van der Waals surface area contributed by atoms with E-state index in [0.717, 1.165) is 10.9 Å². The first-order valence-electron chi connectivity index (χ1n) is 8.78. The molecule has 3 amide bonds. The third-order valence-electron chi connectivity index (χ3n) is 4.33. The first kappa shape index (κ1) is 18.2. The lowest BCUT2D eigenvalue weighted by Crippen LogP contribution is -2.35. The molecule has 0 atom stereocenters. The quantitative estimate of drug-likeness (QED) is 0.697. The van der Waals surface area contributed by atoms with E-state index in [1.165, 1.54) is 11.3 Å². The summed E-state index contributed by atoms with van der Waals surface area (Å²) in [6, 6.07) is 3.22. The summed E-state index contributed by atoms with van der Waals surface area (Å²) in [5, 5.41) is 6.20. The molecule has 2 N–H and O–H groups in total. The minimum atomic E-state index is -0.356. The Labute approximate surface area is 165 Å². The van der Waals surface area contributed by atoms with Crippen LogP contribution in [0.15, 0.2) is 24.5 Å². The van der Waals surface area contributed by atoms with Crippen LogP contribution in [0.5, 0.6) is 5.88 Å². The predicted octanol–water partition coefficient (Wildman–Crippen LogP) is 3.83. The van der Waals surface area contributed by atoms with Gasteiger partial charge in [-0.25, -0.2) is 14.8 Å². The molecule has 3 aromatic rings. The second kappa shape index (κ2) is 6.75. The summed E-state index contributed by atoms with van der Waals surface area (Å²) in [4.78, 5) is 36.6. The molecule has 144 valence electrons. The van der Waals surface area contributed by atoms with Crippen molar-refractivity contribution in [2.45, 2.75) is 26.9 Å². The first-order valence-corrected chi connectivity index (χ1v) is 9.60. The number of rotatable bonds is 4. The molecule has 9 heteroatoms. The van der Waals surface area contributed by atoms with E-state index >= 15 is 0 Å². The van der Waals surface area contributed by atoms with Crippen LogP contribution < -0.4 is 20.3 Å². The molecule has 0 aromatic carbocycles. The van der Waals surface area contributed by atoms with Crippen LogP contribution in [-0.2, 0) is 0 Å². The summed E-state index contributed by atoms with van der Waals surface area (Å²) in [6.07, 6.45) is 3.26. The maximum atomic E-state index is 13.0. The molecule has 0 radical (unpaired) electrons. The molecule has 0 fully saturated rings. The van der Waals surface area contributed by atoms with Crippen LogP contribution in [0, 0.1) is 6.92 Å². The zero-order chi connectivity index (χ0) is 20.0. The van der Waals surface area contributed by atoms with Gasteiger partial charge in [0.1, 0.15) is 9.71 Å². The van der Waals surface area contributed by atoms with E-state index in [4.69, 9.17) is 4.74 Å². The minimum absolute atomic E-state index is 0.00681. The van der Waals surface area contributed by atoms with E-state index < -0.39 is 0 Å². The van der Waals surface area contributed by atoms with Gasteiger partial charge < -0.3 is 15.4 Å². The highest BCUT2D eigenvalue weighted by atomic mass is 32.1. The SMILES string of the molecule is CNC(=O)c1sc2nccc3c2c1NC(=O)N3c1cnc(OC(C)C)cc1C. The number of anilines is 3. The number of hydrogen-bond acceptors (Lipinski definition) is 6. The van der Waals surface area contributed by atoms with Gasteiger partial charge in [0.05, 0.1) is 34.7 Å². The molecule has 0 bridgehead atoms. The van der Waals surface area contributed by atoms with Gasteiger partial charge in [-0.15, -0.1) is 11.3 Å². The maximum Gasteiger partial charge on any atom is 0.331 e. The number of carbonyl (C=O) groups excluding carboxylic acids is 2. The fourth-order valence-corrected chi connectivity index (χ4v) is 4.23. The summed E-state index contributed by atoms with van der Waals surface area (Å²) in [5.74, 6) is 0.248. The van der Waals surface area contributed by atoms with Crippen LogP contribution in [0.1, 0.15) is 29.1 Å². The number of pyridine rings is 2. The summed E-state index contributed by atoms with van der Waals surface area (Å²) >= 11 is 1.25. The minimum Gasteiger partial charge on any atom is -0.475 e. The Morgan fingerprint density at radius 1 is 1.32 bits per heavy atom. The number of carbonyl (C=O) groups is 2. The molecular weight excluding hydrogens is 378 g/mol. The fraction of sp³-hybridized carbons (Fsp3) is 0.263. The van der Waals surface area contributed by atoms with Crippen LogP contribution in [0.3, 0.4) is 0 Å². The Balaban J connectivity index is 1.86. The lowest BCUT2D eigenvalue weighted by Gasteiger charge is -2.29. The van der Waals surface area contributed by atoms with Crippen molar-refractivity contribution >= 4 is 50.6 Å².